The Morgan fingerprint density at radius 2 is 1.07 bits per heavy atom. The molecule has 0 unspecified atom stereocenters. The average molecular weight is 212 g/mol. The zero-order valence-electron chi connectivity index (χ0n) is 9.17. The molecule has 0 aliphatic rings. The second-order valence-electron chi connectivity index (χ2n) is 3.69. The van der Waals surface area contributed by atoms with E-state index in [1.165, 1.54) is 13.8 Å². The highest BCUT2D eigenvalue weighted by Crippen LogP contribution is 2.02. The van der Waals surface area contributed by atoms with Gasteiger partial charge in [0, 0.05) is 12.8 Å². The van der Waals surface area contributed by atoms with Gasteiger partial charge in [0.1, 0.15) is 23.1 Å². The van der Waals surface area contributed by atoms with Crippen molar-refractivity contribution < 1.29 is 19.2 Å². The number of rotatable bonds is 8. The van der Waals surface area contributed by atoms with E-state index in [9.17, 15) is 19.2 Å². The first-order valence-electron chi connectivity index (χ1n) is 4.94. The van der Waals surface area contributed by atoms with E-state index in [-0.39, 0.29) is 48.8 Å². The van der Waals surface area contributed by atoms with Gasteiger partial charge in [0.25, 0.3) is 0 Å². The molecule has 4 nitrogen and oxygen atoms in total. The quantitative estimate of drug-likeness (QED) is 0.568. The van der Waals surface area contributed by atoms with Crippen molar-refractivity contribution >= 4 is 23.1 Å². The molecule has 4 heteroatoms. The molecule has 0 heterocycles. The monoisotopic (exact) mass is 212 g/mol. The number of carbonyl (C=O) groups is 4. The average Bonchev–Trinajstić information content (AvgIpc) is 2.00. The number of Topliss-reactive ketones (excluding diaryl/α,β-unsaturated/α-hetero) is 4. The summed E-state index contributed by atoms with van der Waals surface area (Å²) < 4.78 is 0. The molecule has 0 bridgehead atoms. The molecule has 0 rings (SSSR count). The van der Waals surface area contributed by atoms with Crippen LogP contribution in [0.4, 0.5) is 0 Å². The van der Waals surface area contributed by atoms with Crippen LogP contribution in [0.5, 0.6) is 0 Å². The first-order chi connectivity index (χ1) is 6.91. The first kappa shape index (κ1) is 13.7. The van der Waals surface area contributed by atoms with Gasteiger partial charge in [-0.2, -0.15) is 0 Å². The first-order valence-corrected chi connectivity index (χ1v) is 4.94. The smallest absolute Gasteiger partial charge is 0.140 e. The third-order valence-corrected chi connectivity index (χ3v) is 1.80. The summed E-state index contributed by atoms with van der Waals surface area (Å²) in [5.41, 5.74) is 0. The van der Waals surface area contributed by atoms with Crippen LogP contribution in [0, 0.1) is 0 Å². The molecular weight excluding hydrogens is 196 g/mol. The number of hydrogen-bond acceptors (Lipinski definition) is 4. The number of hydrogen-bond donors (Lipinski definition) is 0. The van der Waals surface area contributed by atoms with Crippen molar-refractivity contribution in [3.63, 3.8) is 0 Å². The Hall–Kier alpha value is -1.32. The highest BCUT2D eigenvalue weighted by Gasteiger charge is 2.08. The fourth-order valence-corrected chi connectivity index (χ4v) is 1.21. The van der Waals surface area contributed by atoms with E-state index in [0.717, 1.165) is 0 Å². The zero-order valence-corrected chi connectivity index (χ0v) is 9.17. The molecule has 0 radical (unpaired) electrons. The Balaban J connectivity index is 3.61. The summed E-state index contributed by atoms with van der Waals surface area (Å²) in [5.74, 6) is -0.596. The van der Waals surface area contributed by atoms with E-state index in [1.807, 2.05) is 0 Å². The zero-order chi connectivity index (χ0) is 11.8. The highest BCUT2D eigenvalue weighted by molar-refractivity contribution is 5.99. The molecule has 0 N–H and O–H groups in total. The molecule has 0 spiro atoms. The maximum absolute atomic E-state index is 11.1. The van der Waals surface area contributed by atoms with Crippen molar-refractivity contribution in [1.82, 2.24) is 0 Å². The van der Waals surface area contributed by atoms with Crippen LogP contribution < -0.4 is 0 Å². The van der Waals surface area contributed by atoms with Gasteiger partial charge in [0.05, 0.1) is 12.8 Å². The predicted molar refractivity (Wildman–Crippen MR) is 54.5 cm³/mol. The van der Waals surface area contributed by atoms with E-state index < -0.39 is 0 Å². The van der Waals surface area contributed by atoms with Crippen molar-refractivity contribution in [3.05, 3.63) is 0 Å². The molecule has 0 aromatic carbocycles. The molecule has 84 valence electrons. The SMILES string of the molecule is CC(=O)CC(=O)CCCC(=O)CC(C)=O. The van der Waals surface area contributed by atoms with E-state index in [1.54, 1.807) is 0 Å². The molecule has 0 aliphatic carbocycles. The highest BCUT2D eigenvalue weighted by atomic mass is 16.2. The summed E-state index contributed by atoms with van der Waals surface area (Å²) >= 11 is 0. The van der Waals surface area contributed by atoms with Crippen LogP contribution in [0.25, 0.3) is 0 Å². The number of ketones is 4. The maximum Gasteiger partial charge on any atom is 0.140 e. The normalized spacial score (nSPS) is 9.73. The molecule has 0 aromatic heterocycles. The van der Waals surface area contributed by atoms with Gasteiger partial charge in [-0.3, -0.25) is 19.2 Å². The van der Waals surface area contributed by atoms with Crippen LogP contribution in [-0.2, 0) is 19.2 Å². The van der Waals surface area contributed by atoms with Crippen LogP contribution in [0.2, 0.25) is 0 Å². The minimum absolute atomic E-state index is 0.0547. The van der Waals surface area contributed by atoms with Gasteiger partial charge in [0.15, 0.2) is 0 Å². The van der Waals surface area contributed by atoms with Crippen LogP contribution in [0.3, 0.4) is 0 Å². The van der Waals surface area contributed by atoms with Crippen molar-refractivity contribution in [2.24, 2.45) is 0 Å². The van der Waals surface area contributed by atoms with Gasteiger partial charge < -0.3 is 0 Å². The fraction of sp³-hybridized carbons (Fsp3) is 0.636. The van der Waals surface area contributed by atoms with Gasteiger partial charge >= 0.3 is 0 Å². The van der Waals surface area contributed by atoms with Gasteiger partial charge in [-0.15, -0.1) is 0 Å². The third kappa shape index (κ3) is 9.00. The van der Waals surface area contributed by atoms with Gasteiger partial charge in [-0.05, 0) is 20.3 Å². The molecule has 0 saturated heterocycles. The molecule has 0 fully saturated rings. The van der Waals surface area contributed by atoms with Gasteiger partial charge in [-0.25, -0.2) is 0 Å². The van der Waals surface area contributed by atoms with Crippen LogP contribution >= 0.6 is 0 Å². The van der Waals surface area contributed by atoms with Crippen molar-refractivity contribution in [2.75, 3.05) is 0 Å². The minimum Gasteiger partial charge on any atom is -0.300 e. The lowest BCUT2D eigenvalue weighted by molar-refractivity contribution is -0.126. The predicted octanol–water partition coefficient (Wildman–Crippen LogP) is 1.25. The van der Waals surface area contributed by atoms with E-state index >= 15 is 0 Å². The van der Waals surface area contributed by atoms with Gasteiger partial charge in [0.2, 0.25) is 0 Å². The van der Waals surface area contributed by atoms with Crippen molar-refractivity contribution in [1.29, 1.82) is 0 Å². The number of carbonyl (C=O) groups excluding carboxylic acids is 4. The fourth-order valence-electron chi connectivity index (χ4n) is 1.21. The van der Waals surface area contributed by atoms with E-state index in [0.29, 0.717) is 6.42 Å². The molecule has 15 heavy (non-hydrogen) atoms. The van der Waals surface area contributed by atoms with Crippen LogP contribution in [0.1, 0.15) is 46.0 Å². The molecule has 0 atom stereocenters. The Morgan fingerprint density at radius 1 is 0.733 bits per heavy atom. The van der Waals surface area contributed by atoms with Crippen molar-refractivity contribution in [3.8, 4) is 0 Å². The lowest BCUT2D eigenvalue weighted by atomic mass is 10.1. The Bertz CT molecular complexity index is 250. The summed E-state index contributed by atoms with van der Waals surface area (Å²) in [5, 5.41) is 0. The Kier molecular flexibility index (Phi) is 6.42. The second-order valence-corrected chi connectivity index (χ2v) is 3.69. The topological polar surface area (TPSA) is 68.3 Å². The lowest BCUT2D eigenvalue weighted by Gasteiger charge is -1.98. The van der Waals surface area contributed by atoms with E-state index in [4.69, 9.17) is 0 Å². The molecular formula is C11H16O4. The summed E-state index contributed by atoms with van der Waals surface area (Å²) in [6.07, 6.45) is 0.798. The molecule has 0 saturated carbocycles. The largest absolute Gasteiger partial charge is 0.300 e. The summed E-state index contributed by atoms with van der Waals surface area (Å²) in [6, 6.07) is 0. The summed E-state index contributed by atoms with van der Waals surface area (Å²) in [7, 11) is 0. The molecule has 0 aliphatic heterocycles. The van der Waals surface area contributed by atoms with Crippen LogP contribution in [0.15, 0.2) is 0 Å². The maximum atomic E-state index is 11.1. The molecule has 0 aromatic rings. The second kappa shape index (κ2) is 7.04. The van der Waals surface area contributed by atoms with E-state index in [2.05, 4.69) is 0 Å². The van der Waals surface area contributed by atoms with Crippen LogP contribution in [-0.4, -0.2) is 23.1 Å². The van der Waals surface area contributed by atoms with Gasteiger partial charge in [-0.1, -0.05) is 0 Å². The minimum atomic E-state index is -0.157. The Morgan fingerprint density at radius 3 is 1.33 bits per heavy atom. The Labute approximate surface area is 89.0 Å². The standard InChI is InChI=1S/C11H16O4/c1-8(12)6-10(14)4-3-5-11(15)7-9(2)13/h3-7H2,1-2H3. The molecule has 0 amide bonds. The summed E-state index contributed by atoms with van der Waals surface area (Å²) in [4.78, 5) is 43.2. The van der Waals surface area contributed by atoms with Crippen molar-refractivity contribution in [2.45, 2.75) is 46.0 Å². The lowest BCUT2D eigenvalue weighted by Crippen LogP contribution is -2.07. The summed E-state index contributed by atoms with van der Waals surface area (Å²) in [6.45, 7) is 2.72. The third-order valence-electron chi connectivity index (χ3n) is 1.80.